The number of carbonyl (C=O) groups excluding carboxylic acids is 2. The van der Waals surface area contributed by atoms with Crippen molar-refractivity contribution in [1.82, 2.24) is 10.6 Å². The third-order valence-electron chi connectivity index (χ3n) is 3.54. The summed E-state index contributed by atoms with van der Waals surface area (Å²) in [5.41, 5.74) is 10.9. The topological polar surface area (TPSA) is 185 Å². The van der Waals surface area contributed by atoms with E-state index in [0.29, 0.717) is 25.1 Å². The van der Waals surface area contributed by atoms with Crippen molar-refractivity contribution < 1.29 is 29.4 Å². The fourth-order valence-corrected chi connectivity index (χ4v) is 2.56. The van der Waals surface area contributed by atoms with Crippen molar-refractivity contribution in [2.24, 2.45) is 11.5 Å². The second-order valence-corrected chi connectivity index (χ2v) is 6.72. The van der Waals surface area contributed by atoms with Crippen molar-refractivity contribution in [2.45, 2.75) is 50.2 Å². The van der Waals surface area contributed by atoms with Gasteiger partial charge in [-0.3, -0.25) is 14.4 Å². The number of carbonyl (C=O) groups is 4. The monoisotopic (exact) mass is 392 g/mol. The minimum Gasteiger partial charge on any atom is -0.481 e. The van der Waals surface area contributed by atoms with Gasteiger partial charge in [-0.2, -0.15) is 11.8 Å². The fourth-order valence-electron chi connectivity index (χ4n) is 2.09. The summed E-state index contributed by atoms with van der Waals surface area (Å²) in [6.07, 6.45) is 2.91. The lowest BCUT2D eigenvalue weighted by Gasteiger charge is -2.22. The summed E-state index contributed by atoms with van der Waals surface area (Å²) in [5.74, 6) is -3.28. The molecule has 0 aliphatic carbocycles. The molecule has 8 N–H and O–H groups in total. The summed E-state index contributed by atoms with van der Waals surface area (Å²) in [6, 6.07) is -3.38. The van der Waals surface area contributed by atoms with E-state index in [1.165, 1.54) is 11.8 Å². The first-order chi connectivity index (χ1) is 12.2. The Bertz CT molecular complexity index is 491. The summed E-state index contributed by atoms with van der Waals surface area (Å²) in [5, 5.41) is 22.7. The molecule has 2 amide bonds. The second kappa shape index (κ2) is 13.4. The van der Waals surface area contributed by atoms with Gasteiger partial charge in [0.2, 0.25) is 11.8 Å². The third kappa shape index (κ3) is 10.2. The third-order valence-corrected chi connectivity index (χ3v) is 4.18. The van der Waals surface area contributed by atoms with Crippen molar-refractivity contribution >= 4 is 35.5 Å². The molecule has 0 aromatic rings. The second-order valence-electron chi connectivity index (χ2n) is 5.73. The lowest BCUT2D eigenvalue weighted by atomic mass is 10.1. The van der Waals surface area contributed by atoms with Gasteiger partial charge < -0.3 is 32.3 Å². The molecule has 11 heteroatoms. The highest BCUT2D eigenvalue weighted by molar-refractivity contribution is 7.98. The van der Waals surface area contributed by atoms with Crippen LogP contribution in [-0.2, 0) is 19.2 Å². The minimum atomic E-state index is -1.29. The molecule has 3 atom stereocenters. The van der Waals surface area contributed by atoms with Crippen molar-refractivity contribution in [1.29, 1.82) is 0 Å². The number of rotatable bonds is 14. The number of hydrogen-bond donors (Lipinski definition) is 6. The maximum atomic E-state index is 12.4. The summed E-state index contributed by atoms with van der Waals surface area (Å²) in [6.45, 7) is 0.425. The Balaban J connectivity index is 4.90. The maximum absolute atomic E-state index is 12.4. The van der Waals surface area contributed by atoms with Gasteiger partial charge in [-0.25, -0.2) is 4.79 Å². The molecule has 0 aliphatic rings. The molecule has 0 aliphatic heterocycles. The number of hydrogen-bond acceptors (Lipinski definition) is 7. The molecule has 150 valence electrons. The Kier molecular flexibility index (Phi) is 12.4. The van der Waals surface area contributed by atoms with Gasteiger partial charge in [0.1, 0.15) is 12.1 Å². The fraction of sp³-hybridized carbons (Fsp3) is 0.733. The average Bonchev–Trinajstić information content (AvgIpc) is 2.56. The van der Waals surface area contributed by atoms with Crippen LogP contribution in [0.5, 0.6) is 0 Å². The van der Waals surface area contributed by atoms with Crippen LogP contribution >= 0.6 is 11.8 Å². The van der Waals surface area contributed by atoms with Crippen LogP contribution in [0.2, 0.25) is 0 Å². The Morgan fingerprint density at radius 3 is 2.12 bits per heavy atom. The van der Waals surface area contributed by atoms with E-state index in [4.69, 9.17) is 16.6 Å². The summed E-state index contributed by atoms with van der Waals surface area (Å²) >= 11 is 1.45. The molecule has 0 aromatic heterocycles. The maximum Gasteiger partial charge on any atom is 0.326 e. The van der Waals surface area contributed by atoms with Gasteiger partial charge in [-0.1, -0.05) is 0 Å². The van der Waals surface area contributed by atoms with E-state index in [0.717, 1.165) is 0 Å². The molecule has 3 unspecified atom stereocenters. The Hall–Kier alpha value is -1.85. The largest absolute Gasteiger partial charge is 0.481 e. The van der Waals surface area contributed by atoms with E-state index in [-0.39, 0.29) is 12.8 Å². The number of aliphatic carboxylic acids is 2. The van der Waals surface area contributed by atoms with Gasteiger partial charge >= 0.3 is 11.9 Å². The quantitative estimate of drug-likeness (QED) is 0.196. The molecule has 0 spiro atoms. The zero-order valence-corrected chi connectivity index (χ0v) is 15.6. The lowest BCUT2D eigenvalue weighted by molar-refractivity contribution is -0.143. The van der Waals surface area contributed by atoms with Gasteiger partial charge in [0.15, 0.2) is 0 Å². The Morgan fingerprint density at radius 2 is 1.62 bits per heavy atom. The van der Waals surface area contributed by atoms with Crippen LogP contribution in [-0.4, -0.2) is 70.6 Å². The summed E-state index contributed by atoms with van der Waals surface area (Å²) in [4.78, 5) is 46.3. The number of thioether (sulfide) groups is 1. The van der Waals surface area contributed by atoms with Gasteiger partial charge in [-0.05, 0) is 44.2 Å². The minimum absolute atomic E-state index is 0.222. The molecule has 0 bridgehead atoms. The van der Waals surface area contributed by atoms with E-state index in [1.807, 2.05) is 6.26 Å². The molecule has 26 heavy (non-hydrogen) atoms. The van der Waals surface area contributed by atoms with Crippen LogP contribution in [0.3, 0.4) is 0 Å². The smallest absolute Gasteiger partial charge is 0.326 e. The number of unbranched alkanes of at least 4 members (excludes halogenated alkanes) is 1. The van der Waals surface area contributed by atoms with E-state index in [1.54, 1.807) is 0 Å². The van der Waals surface area contributed by atoms with Crippen LogP contribution in [0.4, 0.5) is 0 Å². The normalized spacial score (nSPS) is 14.1. The average molecular weight is 392 g/mol. The van der Waals surface area contributed by atoms with Gasteiger partial charge in [0, 0.05) is 0 Å². The number of nitrogens with one attached hydrogen (secondary N) is 2. The summed E-state index contributed by atoms with van der Waals surface area (Å²) < 4.78 is 0. The molecular formula is C15H28N4O6S. The van der Waals surface area contributed by atoms with E-state index in [9.17, 15) is 24.3 Å². The number of carboxylic acid groups (broad SMARTS) is 2. The molecule has 0 saturated carbocycles. The van der Waals surface area contributed by atoms with Crippen molar-refractivity contribution in [3.63, 3.8) is 0 Å². The molecule has 0 fully saturated rings. The highest BCUT2D eigenvalue weighted by atomic mass is 32.2. The van der Waals surface area contributed by atoms with Crippen LogP contribution in [0.15, 0.2) is 0 Å². The van der Waals surface area contributed by atoms with E-state index < -0.39 is 48.3 Å². The van der Waals surface area contributed by atoms with Crippen molar-refractivity contribution in [3.05, 3.63) is 0 Å². The first-order valence-electron chi connectivity index (χ1n) is 8.22. The standard InChI is InChI=1S/C15H28N4O6S/c1-26-7-5-10(18-13(22)9(17)8-12(20)21)14(23)19-11(15(24)25)4-2-3-6-16/h9-11H,2-8,16-17H2,1H3,(H,18,22)(H,19,23)(H,20,21)(H,24,25). The molecule has 0 radical (unpaired) electrons. The Morgan fingerprint density at radius 1 is 1.00 bits per heavy atom. The molecule has 0 rings (SSSR count). The molecule has 0 saturated heterocycles. The predicted octanol–water partition coefficient (Wildman–Crippen LogP) is -1.28. The van der Waals surface area contributed by atoms with Crippen LogP contribution in [0.25, 0.3) is 0 Å². The number of nitrogens with two attached hydrogens (primary N) is 2. The summed E-state index contributed by atoms with van der Waals surface area (Å²) in [7, 11) is 0. The lowest BCUT2D eigenvalue weighted by Crippen LogP contribution is -2.54. The van der Waals surface area contributed by atoms with Crippen molar-refractivity contribution in [2.75, 3.05) is 18.6 Å². The molecular weight excluding hydrogens is 364 g/mol. The van der Waals surface area contributed by atoms with Crippen LogP contribution in [0, 0.1) is 0 Å². The molecule has 10 nitrogen and oxygen atoms in total. The van der Waals surface area contributed by atoms with Gasteiger partial charge in [0.05, 0.1) is 12.5 Å². The highest BCUT2D eigenvalue weighted by Gasteiger charge is 2.28. The van der Waals surface area contributed by atoms with Gasteiger partial charge in [0.25, 0.3) is 0 Å². The first-order valence-corrected chi connectivity index (χ1v) is 9.62. The SMILES string of the molecule is CSCCC(NC(=O)C(N)CC(=O)O)C(=O)NC(CCCCN)C(=O)O. The first kappa shape index (κ1) is 24.1. The van der Waals surface area contributed by atoms with Crippen LogP contribution in [0.1, 0.15) is 32.1 Å². The Labute approximate surface area is 156 Å². The predicted molar refractivity (Wildman–Crippen MR) is 97.6 cm³/mol. The molecule has 0 heterocycles. The zero-order valence-electron chi connectivity index (χ0n) is 14.8. The number of amides is 2. The molecule has 0 aromatic carbocycles. The van der Waals surface area contributed by atoms with Crippen LogP contribution < -0.4 is 22.1 Å². The van der Waals surface area contributed by atoms with E-state index in [2.05, 4.69) is 10.6 Å². The van der Waals surface area contributed by atoms with Gasteiger partial charge in [-0.15, -0.1) is 0 Å². The van der Waals surface area contributed by atoms with E-state index >= 15 is 0 Å². The number of carboxylic acids is 2. The zero-order chi connectivity index (χ0) is 20.1. The highest BCUT2D eigenvalue weighted by Crippen LogP contribution is 2.05. The van der Waals surface area contributed by atoms with Crippen molar-refractivity contribution in [3.8, 4) is 0 Å².